The zero-order valence-electron chi connectivity index (χ0n) is 12.3. The van der Waals surface area contributed by atoms with Gasteiger partial charge in [0.2, 0.25) is 5.82 Å². The van der Waals surface area contributed by atoms with E-state index in [0.29, 0.717) is 18.2 Å². The highest BCUT2D eigenvalue weighted by Gasteiger charge is 2.37. The number of rotatable bonds is 1. The van der Waals surface area contributed by atoms with Crippen LogP contribution in [0.15, 0.2) is 36.4 Å². The lowest BCUT2D eigenvalue weighted by atomic mass is 10.2. The second-order valence-electron chi connectivity index (χ2n) is 4.60. The zero-order valence-corrected chi connectivity index (χ0v) is 12.3. The first-order chi connectivity index (χ1) is 11.8. The third-order valence-electron chi connectivity index (χ3n) is 2.81. The van der Waals surface area contributed by atoms with Gasteiger partial charge in [-0.1, -0.05) is 12.1 Å². The molecule has 142 valence electrons. The molecule has 2 rings (SSSR count). The molecule has 0 fully saturated rings. The third-order valence-corrected chi connectivity index (χ3v) is 2.81. The molecule has 0 spiro atoms. The molecule has 2 aromatic carbocycles. The minimum atomic E-state index is -4.92. The summed E-state index contributed by atoms with van der Waals surface area (Å²) in [6, 6.07) is 4.68. The number of nitrogen functional groups attached to an aromatic ring is 1. The van der Waals surface area contributed by atoms with Crippen molar-refractivity contribution in [3.8, 4) is 0 Å². The number of nitrogens with two attached hydrogens (primary N) is 1. The molecule has 2 N–H and O–H groups in total. The van der Waals surface area contributed by atoms with Gasteiger partial charge in [-0.15, -0.1) is 0 Å². The summed E-state index contributed by atoms with van der Waals surface area (Å²) in [7, 11) is 0. The van der Waals surface area contributed by atoms with Crippen LogP contribution in [0.2, 0.25) is 0 Å². The molecule has 0 aliphatic heterocycles. The highest BCUT2D eigenvalue weighted by atomic mass is 19.4. The molecule has 0 unspecified atom stereocenters. The molecule has 0 saturated carbocycles. The van der Waals surface area contributed by atoms with Gasteiger partial charge in [-0.25, -0.2) is 4.39 Å². The minimum Gasteiger partial charge on any atom is -0.396 e. The van der Waals surface area contributed by atoms with Crippen LogP contribution < -0.4 is 5.73 Å². The lowest BCUT2D eigenvalue weighted by Crippen LogP contribution is -2.09. The number of halogens is 8. The number of nitro groups is 1. The zero-order chi connectivity index (χ0) is 20.3. The van der Waals surface area contributed by atoms with E-state index in [1.54, 1.807) is 0 Å². The molecule has 0 radical (unpaired) electrons. The number of benzene rings is 2. The fraction of sp³-hybridized carbons (Fsp3) is 0.143. The summed E-state index contributed by atoms with van der Waals surface area (Å²) in [5, 5.41) is 10.1. The van der Waals surface area contributed by atoms with Crippen LogP contribution in [0.5, 0.6) is 0 Å². The van der Waals surface area contributed by atoms with Gasteiger partial charge in [-0.05, 0) is 18.2 Å². The molecule has 0 atom stereocenters. The first-order valence-electron chi connectivity index (χ1n) is 6.38. The van der Waals surface area contributed by atoms with Crippen molar-refractivity contribution in [3.63, 3.8) is 0 Å². The molecule has 0 aliphatic rings. The summed E-state index contributed by atoms with van der Waals surface area (Å²) in [5.74, 6) is -3.27. The van der Waals surface area contributed by atoms with Gasteiger partial charge in [0.1, 0.15) is 0 Å². The Morgan fingerprint density at radius 1 is 0.808 bits per heavy atom. The number of anilines is 1. The quantitative estimate of drug-likeness (QED) is 0.317. The maximum Gasteiger partial charge on any atom is 0.419 e. The van der Waals surface area contributed by atoms with E-state index in [9.17, 15) is 45.2 Å². The first kappa shape index (κ1) is 21.1. The summed E-state index contributed by atoms with van der Waals surface area (Å²) in [5.41, 5.74) is 0.302. The van der Waals surface area contributed by atoms with E-state index in [2.05, 4.69) is 0 Å². The highest BCUT2D eigenvalue weighted by Crippen LogP contribution is 2.34. The van der Waals surface area contributed by atoms with Crippen molar-refractivity contribution in [1.82, 2.24) is 0 Å². The predicted molar refractivity (Wildman–Crippen MR) is 73.9 cm³/mol. The monoisotopic (exact) mass is 388 g/mol. The van der Waals surface area contributed by atoms with Gasteiger partial charge >= 0.3 is 18.0 Å². The van der Waals surface area contributed by atoms with Crippen molar-refractivity contribution in [3.05, 3.63) is 69.3 Å². The standard InChI is InChI=1S/C7H3F4NO2.C7H5F4N/c8-6-4(7(9,10)11)2-1-3-5(6)12(13)14;8-6-4(7(9,10)11)2-1-3-5(6)12/h1-3H;1-3H,12H2. The largest absolute Gasteiger partial charge is 0.419 e. The topological polar surface area (TPSA) is 69.2 Å². The molecular weight excluding hydrogens is 380 g/mol. The molecule has 0 saturated heterocycles. The van der Waals surface area contributed by atoms with Gasteiger partial charge in [0.05, 0.1) is 21.7 Å². The Morgan fingerprint density at radius 2 is 1.23 bits per heavy atom. The summed E-state index contributed by atoms with van der Waals surface area (Å²) >= 11 is 0. The van der Waals surface area contributed by atoms with Crippen LogP contribution >= 0.6 is 0 Å². The highest BCUT2D eigenvalue weighted by molar-refractivity contribution is 5.43. The van der Waals surface area contributed by atoms with Gasteiger partial charge in [-0.3, -0.25) is 10.1 Å². The van der Waals surface area contributed by atoms with Crippen molar-refractivity contribution in [2.24, 2.45) is 0 Å². The van der Waals surface area contributed by atoms with Crippen LogP contribution in [0.1, 0.15) is 11.1 Å². The average Bonchev–Trinajstić information content (AvgIpc) is 2.48. The van der Waals surface area contributed by atoms with E-state index in [0.717, 1.165) is 18.2 Å². The molecule has 26 heavy (non-hydrogen) atoms. The molecule has 4 nitrogen and oxygen atoms in total. The molecule has 0 heterocycles. The lowest BCUT2D eigenvalue weighted by Gasteiger charge is -2.08. The average molecular weight is 388 g/mol. The summed E-state index contributed by atoms with van der Waals surface area (Å²) in [6.07, 6.45) is -9.60. The van der Waals surface area contributed by atoms with E-state index in [-0.39, 0.29) is 0 Å². The normalized spacial score (nSPS) is 11.5. The van der Waals surface area contributed by atoms with Gasteiger partial charge < -0.3 is 5.73 Å². The Kier molecular flexibility index (Phi) is 6.12. The predicted octanol–water partition coefficient (Wildman–Crippen LogP) is 5.18. The van der Waals surface area contributed by atoms with Gasteiger partial charge in [-0.2, -0.15) is 30.7 Å². The summed E-state index contributed by atoms with van der Waals surface area (Å²) < 4.78 is 97.4. The number of nitrogens with zero attached hydrogens (tertiary/aromatic N) is 1. The van der Waals surface area contributed by atoms with Gasteiger partial charge in [0.15, 0.2) is 5.82 Å². The van der Waals surface area contributed by atoms with Crippen LogP contribution in [0.25, 0.3) is 0 Å². The van der Waals surface area contributed by atoms with E-state index in [4.69, 9.17) is 5.73 Å². The van der Waals surface area contributed by atoms with Crippen molar-refractivity contribution in [1.29, 1.82) is 0 Å². The van der Waals surface area contributed by atoms with E-state index >= 15 is 0 Å². The lowest BCUT2D eigenvalue weighted by molar-refractivity contribution is -0.387. The van der Waals surface area contributed by atoms with E-state index in [1.165, 1.54) is 0 Å². The van der Waals surface area contributed by atoms with Crippen molar-refractivity contribution >= 4 is 11.4 Å². The van der Waals surface area contributed by atoms with Crippen LogP contribution in [-0.2, 0) is 12.4 Å². The van der Waals surface area contributed by atoms with Crippen LogP contribution in [0.4, 0.5) is 46.5 Å². The SMILES string of the molecule is Nc1cccc(C(F)(F)F)c1F.O=[N+]([O-])c1cccc(C(F)(F)F)c1F. The van der Waals surface area contributed by atoms with Crippen molar-refractivity contribution in [2.45, 2.75) is 12.4 Å². The molecular formula is C14H8F8N2O2. The number of hydrogen-bond acceptors (Lipinski definition) is 3. The second kappa shape index (κ2) is 7.54. The molecule has 0 bridgehead atoms. The van der Waals surface area contributed by atoms with Crippen LogP contribution in [0.3, 0.4) is 0 Å². The van der Waals surface area contributed by atoms with Gasteiger partial charge in [0, 0.05) is 6.07 Å². The molecule has 2 aromatic rings. The fourth-order valence-electron chi connectivity index (χ4n) is 1.65. The first-order valence-corrected chi connectivity index (χ1v) is 6.38. The maximum atomic E-state index is 12.9. The van der Waals surface area contributed by atoms with E-state index < -0.39 is 51.4 Å². The Bertz CT molecular complexity index is 803. The van der Waals surface area contributed by atoms with E-state index in [1.807, 2.05) is 0 Å². The molecule has 0 aliphatic carbocycles. The minimum absolute atomic E-state index is 0.447. The molecule has 12 heteroatoms. The Morgan fingerprint density at radius 3 is 1.62 bits per heavy atom. The summed E-state index contributed by atoms with van der Waals surface area (Å²) in [4.78, 5) is 8.90. The Labute approximate surface area is 140 Å². The van der Waals surface area contributed by atoms with Crippen LogP contribution in [-0.4, -0.2) is 4.92 Å². The molecule has 0 amide bonds. The number of hydrogen-bond donors (Lipinski definition) is 1. The smallest absolute Gasteiger partial charge is 0.396 e. The molecule has 0 aromatic heterocycles. The third kappa shape index (κ3) is 5.04. The Balaban J connectivity index is 0.000000263. The second-order valence-corrected chi connectivity index (χ2v) is 4.60. The van der Waals surface area contributed by atoms with Gasteiger partial charge in [0.25, 0.3) is 0 Å². The maximum absolute atomic E-state index is 12.9. The summed E-state index contributed by atoms with van der Waals surface area (Å²) in [6.45, 7) is 0. The number of nitro benzene ring substituents is 1. The van der Waals surface area contributed by atoms with Crippen molar-refractivity contribution < 1.29 is 40.0 Å². The van der Waals surface area contributed by atoms with Crippen LogP contribution in [0, 0.1) is 21.7 Å². The Hall–Kier alpha value is -2.92. The number of alkyl halides is 6. The fourth-order valence-corrected chi connectivity index (χ4v) is 1.65. The van der Waals surface area contributed by atoms with Crippen molar-refractivity contribution in [2.75, 3.05) is 5.73 Å².